The Balaban J connectivity index is 1.93. The van der Waals surface area contributed by atoms with Crippen molar-refractivity contribution in [3.05, 3.63) is 53.1 Å². The Labute approximate surface area is 146 Å². The van der Waals surface area contributed by atoms with E-state index in [-0.39, 0.29) is 12.4 Å². The largest absolute Gasteiger partial charge is 0.497 e. The molecule has 0 bridgehead atoms. The zero-order valence-electron chi connectivity index (χ0n) is 14.5. The number of carbonyl (C=O) groups excluding carboxylic acids is 1. The molecule has 0 atom stereocenters. The van der Waals surface area contributed by atoms with Crippen LogP contribution in [0.25, 0.3) is 6.08 Å². The third kappa shape index (κ3) is 3.45. The highest BCUT2D eigenvalue weighted by atomic mass is 16.5. The maximum absolute atomic E-state index is 12.8. The lowest BCUT2D eigenvalue weighted by Gasteiger charge is -2.19. The minimum absolute atomic E-state index is 0.0620. The third-order valence-electron chi connectivity index (χ3n) is 3.93. The standard InChI is InChI=1S/C20H20O5/c1-4-24-18-7-5-13(10-19(18)23-3)9-14-12-25-17-8-6-15(22-2)11-16(17)20(14)21/h5-11H,4,12H2,1-3H3/b14-9+. The highest BCUT2D eigenvalue weighted by Crippen LogP contribution is 2.33. The van der Waals surface area contributed by atoms with Gasteiger partial charge in [-0.2, -0.15) is 0 Å². The summed E-state index contributed by atoms with van der Waals surface area (Å²) in [4.78, 5) is 12.8. The molecular weight excluding hydrogens is 320 g/mol. The number of ether oxygens (including phenoxy) is 4. The molecule has 1 aliphatic heterocycles. The molecule has 0 fully saturated rings. The number of hydrogen-bond donors (Lipinski definition) is 0. The van der Waals surface area contributed by atoms with Gasteiger partial charge < -0.3 is 18.9 Å². The van der Waals surface area contributed by atoms with Crippen LogP contribution in [0.2, 0.25) is 0 Å². The van der Waals surface area contributed by atoms with Crippen LogP contribution in [-0.2, 0) is 0 Å². The molecule has 0 saturated heterocycles. The number of hydrogen-bond acceptors (Lipinski definition) is 5. The molecule has 0 spiro atoms. The Morgan fingerprint density at radius 3 is 2.64 bits per heavy atom. The predicted molar refractivity (Wildman–Crippen MR) is 95.0 cm³/mol. The monoisotopic (exact) mass is 340 g/mol. The van der Waals surface area contributed by atoms with E-state index in [2.05, 4.69) is 0 Å². The number of carbonyl (C=O) groups is 1. The average molecular weight is 340 g/mol. The number of Topliss-reactive ketones (excluding diaryl/α,β-unsaturated/α-hetero) is 1. The van der Waals surface area contributed by atoms with Crippen LogP contribution in [0.5, 0.6) is 23.0 Å². The minimum Gasteiger partial charge on any atom is -0.497 e. The number of rotatable bonds is 5. The van der Waals surface area contributed by atoms with Gasteiger partial charge in [0.1, 0.15) is 18.1 Å². The molecule has 0 unspecified atom stereocenters. The molecular formula is C20H20O5. The molecule has 1 aliphatic rings. The fourth-order valence-electron chi connectivity index (χ4n) is 2.69. The molecule has 3 rings (SSSR count). The van der Waals surface area contributed by atoms with E-state index in [0.29, 0.717) is 40.7 Å². The van der Waals surface area contributed by atoms with Gasteiger partial charge in [0, 0.05) is 5.57 Å². The second-order valence-electron chi connectivity index (χ2n) is 5.49. The molecule has 0 aliphatic carbocycles. The fraction of sp³-hybridized carbons (Fsp3) is 0.250. The molecule has 0 radical (unpaired) electrons. The van der Waals surface area contributed by atoms with Gasteiger partial charge in [-0.05, 0) is 48.9 Å². The molecule has 5 heteroatoms. The van der Waals surface area contributed by atoms with Crippen molar-refractivity contribution in [1.82, 2.24) is 0 Å². The van der Waals surface area contributed by atoms with Crippen molar-refractivity contribution in [3.8, 4) is 23.0 Å². The fourth-order valence-corrected chi connectivity index (χ4v) is 2.69. The second kappa shape index (κ2) is 7.30. The first kappa shape index (κ1) is 16.9. The van der Waals surface area contributed by atoms with Crippen LogP contribution in [-0.4, -0.2) is 33.2 Å². The smallest absolute Gasteiger partial charge is 0.196 e. The van der Waals surface area contributed by atoms with Crippen LogP contribution in [0.15, 0.2) is 42.0 Å². The summed E-state index contributed by atoms with van der Waals surface area (Å²) in [5.74, 6) is 2.44. The van der Waals surface area contributed by atoms with Gasteiger partial charge in [-0.15, -0.1) is 0 Å². The van der Waals surface area contributed by atoms with E-state index in [9.17, 15) is 4.79 Å². The molecule has 0 amide bonds. The zero-order valence-corrected chi connectivity index (χ0v) is 14.5. The topological polar surface area (TPSA) is 54.0 Å². The SMILES string of the molecule is CCOc1ccc(/C=C2\COc3ccc(OC)cc3C2=O)cc1OC. The van der Waals surface area contributed by atoms with Gasteiger partial charge >= 0.3 is 0 Å². The number of benzene rings is 2. The Kier molecular flexibility index (Phi) is 4.93. The highest BCUT2D eigenvalue weighted by molar-refractivity contribution is 6.14. The van der Waals surface area contributed by atoms with Gasteiger partial charge in [-0.25, -0.2) is 0 Å². The van der Waals surface area contributed by atoms with Gasteiger partial charge in [-0.3, -0.25) is 4.79 Å². The first-order valence-electron chi connectivity index (χ1n) is 8.03. The zero-order chi connectivity index (χ0) is 17.8. The van der Waals surface area contributed by atoms with E-state index in [0.717, 1.165) is 5.56 Å². The minimum atomic E-state index is -0.0620. The summed E-state index contributed by atoms with van der Waals surface area (Å²) < 4.78 is 21.8. The molecule has 0 saturated carbocycles. The summed E-state index contributed by atoms with van der Waals surface area (Å²) in [7, 11) is 3.16. The Bertz CT molecular complexity index is 823. The van der Waals surface area contributed by atoms with Crippen LogP contribution in [0.4, 0.5) is 0 Å². The van der Waals surface area contributed by atoms with Crippen molar-refractivity contribution in [2.75, 3.05) is 27.4 Å². The van der Waals surface area contributed by atoms with Crippen LogP contribution < -0.4 is 18.9 Å². The van der Waals surface area contributed by atoms with E-state index in [1.165, 1.54) is 0 Å². The van der Waals surface area contributed by atoms with Gasteiger partial charge in [0.15, 0.2) is 17.3 Å². The lowest BCUT2D eigenvalue weighted by Crippen LogP contribution is -2.19. The van der Waals surface area contributed by atoms with E-state index < -0.39 is 0 Å². The number of fused-ring (bicyclic) bond motifs is 1. The van der Waals surface area contributed by atoms with Crippen molar-refractivity contribution in [3.63, 3.8) is 0 Å². The molecule has 0 N–H and O–H groups in total. The van der Waals surface area contributed by atoms with E-state index in [1.807, 2.05) is 31.2 Å². The lowest BCUT2D eigenvalue weighted by molar-refractivity contribution is 0.100. The summed E-state index contributed by atoms with van der Waals surface area (Å²) in [5.41, 5.74) is 1.93. The van der Waals surface area contributed by atoms with Gasteiger partial charge in [0.2, 0.25) is 0 Å². The molecule has 130 valence electrons. The summed E-state index contributed by atoms with van der Waals surface area (Å²) >= 11 is 0. The van der Waals surface area contributed by atoms with Crippen molar-refractivity contribution in [1.29, 1.82) is 0 Å². The summed E-state index contributed by atoms with van der Waals surface area (Å²) in [5, 5.41) is 0. The van der Waals surface area contributed by atoms with Crippen molar-refractivity contribution in [2.45, 2.75) is 6.92 Å². The molecule has 1 heterocycles. The highest BCUT2D eigenvalue weighted by Gasteiger charge is 2.24. The molecule has 2 aromatic carbocycles. The molecule has 2 aromatic rings. The summed E-state index contributed by atoms with van der Waals surface area (Å²) in [6.07, 6.45) is 1.81. The van der Waals surface area contributed by atoms with Gasteiger partial charge in [0.05, 0.1) is 26.4 Å². The van der Waals surface area contributed by atoms with Crippen LogP contribution in [0, 0.1) is 0 Å². The van der Waals surface area contributed by atoms with Gasteiger partial charge in [-0.1, -0.05) is 6.07 Å². The first-order chi connectivity index (χ1) is 12.2. The van der Waals surface area contributed by atoms with Crippen LogP contribution in [0.3, 0.4) is 0 Å². The third-order valence-corrected chi connectivity index (χ3v) is 3.93. The maximum Gasteiger partial charge on any atom is 0.196 e. The quantitative estimate of drug-likeness (QED) is 0.776. The Morgan fingerprint density at radius 2 is 1.92 bits per heavy atom. The lowest BCUT2D eigenvalue weighted by atomic mass is 9.98. The first-order valence-corrected chi connectivity index (χ1v) is 8.03. The van der Waals surface area contributed by atoms with Crippen molar-refractivity contribution < 1.29 is 23.7 Å². The van der Waals surface area contributed by atoms with E-state index in [1.54, 1.807) is 32.4 Å². The molecule has 0 aromatic heterocycles. The van der Waals surface area contributed by atoms with E-state index >= 15 is 0 Å². The van der Waals surface area contributed by atoms with Crippen LogP contribution >= 0.6 is 0 Å². The number of ketones is 1. The normalized spacial score (nSPS) is 14.7. The van der Waals surface area contributed by atoms with Crippen LogP contribution in [0.1, 0.15) is 22.8 Å². The molecule has 25 heavy (non-hydrogen) atoms. The van der Waals surface area contributed by atoms with E-state index in [4.69, 9.17) is 18.9 Å². The summed E-state index contributed by atoms with van der Waals surface area (Å²) in [6.45, 7) is 2.70. The van der Waals surface area contributed by atoms with Gasteiger partial charge in [0.25, 0.3) is 0 Å². The Morgan fingerprint density at radius 1 is 1.08 bits per heavy atom. The average Bonchev–Trinajstić information content (AvgIpc) is 2.65. The Hall–Kier alpha value is -2.95. The number of methoxy groups -OCH3 is 2. The molecule has 5 nitrogen and oxygen atoms in total. The maximum atomic E-state index is 12.8. The second-order valence-corrected chi connectivity index (χ2v) is 5.49. The predicted octanol–water partition coefficient (Wildman–Crippen LogP) is 3.76. The summed E-state index contributed by atoms with van der Waals surface area (Å²) in [6, 6.07) is 10.8. The van der Waals surface area contributed by atoms with Crippen molar-refractivity contribution in [2.24, 2.45) is 0 Å². The van der Waals surface area contributed by atoms with Crippen molar-refractivity contribution >= 4 is 11.9 Å².